The van der Waals surface area contributed by atoms with Crippen molar-refractivity contribution >= 4 is 28.8 Å². The smallest absolute Gasteiger partial charge is 0.327 e. The molecule has 0 bridgehead atoms. The van der Waals surface area contributed by atoms with E-state index >= 15 is 0 Å². The van der Waals surface area contributed by atoms with Crippen LogP contribution < -0.4 is 21.0 Å². The average molecular weight is 300 g/mol. The molecule has 0 radical (unpaired) electrons. The third-order valence-electron chi connectivity index (χ3n) is 3.95. The number of rotatable bonds is 0. The molecule has 0 aliphatic carbocycles. The van der Waals surface area contributed by atoms with Crippen molar-refractivity contribution in [1.82, 2.24) is 9.13 Å². The first-order chi connectivity index (χ1) is 10.4. The Balaban J connectivity index is 2.50. The van der Waals surface area contributed by atoms with Gasteiger partial charge in [-0.05, 0) is 12.1 Å². The number of fused-ring (bicyclic) bond motifs is 2. The molecule has 1 aliphatic rings. The third kappa shape index (κ3) is 1.65. The fraction of sp³-hybridized carbons (Fsp3) is 0.267. The second kappa shape index (κ2) is 4.59. The fourth-order valence-corrected chi connectivity index (χ4v) is 2.89. The summed E-state index contributed by atoms with van der Waals surface area (Å²) >= 11 is 0. The number of aromatic nitrogens is 2. The summed E-state index contributed by atoms with van der Waals surface area (Å²) in [5, 5.41) is 0. The molecule has 1 aliphatic heterocycles. The predicted molar refractivity (Wildman–Crippen MR) is 84.2 cm³/mol. The molecule has 3 rings (SSSR count). The molecule has 2 aromatic rings. The van der Waals surface area contributed by atoms with E-state index in [0.29, 0.717) is 11.5 Å². The molecule has 7 heteroatoms. The van der Waals surface area contributed by atoms with Crippen LogP contribution in [0.15, 0.2) is 33.9 Å². The van der Waals surface area contributed by atoms with Gasteiger partial charge in [0, 0.05) is 28.1 Å². The summed E-state index contributed by atoms with van der Waals surface area (Å²) in [4.78, 5) is 40.1. The molecular weight excluding hydrogens is 284 g/mol. The van der Waals surface area contributed by atoms with Crippen molar-refractivity contribution in [3.8, 4) is 0 Å². The van der Waals surface area contributed by atoms with E-state index in [2.05, 4.69) is 0 Å². The monoisotopic (exact) mass is 300 g/mol. The minimum atomic E-state index is -0.491. The standard InChI is InChI=1S/C15H16N4O3/c1-9(20)19-11-8-6-5-7-10(11)16(2)13-12(19)14(21)18(4)15(22)17(13)3/h5-8H,1-4H3. The number of hydrogen-bond donors (Lipinski definition) is 0. The average Bonchev–Trinajstić information content (AvgIpc) is 2.50. The van der Waals surface area contributed by atoms with Crippen LogP contribution in [0.2, 0.25) is 0 Å². The van der Waals surface area contributed by atoms with E-state index in [1.807, 2.05) is 12.1 Å². The Labute approximate surface area is 126 Å². The predicted octanol–water partition coefficient (Wildman–Crippen LogP) is 0.850. The van der Waals surface area contributed by atoms with Crippen molar-refractivity contribution in [2.75, 3.05) is 16.8 Å². The van der Waals surface area contributed by atoms with Crippen LogP contribution in [0.3, 0.4) is 0 Å². The molecule has 114 valence electrons. The third-order valence-corrected chi connectivity index (χ3v) is 3.95. The van der Waals surface area contributed by atoms with Crippen molar-refractivity contribution in [3.63, 3.8) is 0 Å². The number of para-hydroxylation sites is 2. The van der Waals surface area contributed by atoms with E-state index in [0.717, 1.165) is 10.3 Å². The lowest BCUT2D eigenvalue weighted by atomic mass is 10.1. The summed E-state index contributed by atoms with van der Waals surface area (Å²) in [5.41, 5.74) is 0.653. The Morgan fingerprint density at radius 2 is 1.55 bits per heavy atom. The maximum absolute atomic E-state index is 12.6. The van der Waals surface area contributed by atoms with Crippen molar-refractivity contribution in [2.24, 2.45) is 14.1 Å². The van der Waals surface area contributed by atoms with Gasteiger partial charge in [-0.3, -0.25) is 23.6 Å². The summed E-state index contributed by atoms with van der Waals surface area (Å²) in [5.74, 6) is 0.125. The summed E-state index contributed by atoms with van der Waals surface area (Å²) in [6.07, 6.45) is 0. The van der Waals surface area contributed by atoms with Gasteiger partial charge in [-0.25, -0.2) is 4.79 Å². The number of carbonyl (C=O) groups excluding carboxylic acids is 1. The number of nitrogens with zero attached hydrogens (tertiary/aromatic N) is 4. The number of benzene rings is 1. The van der Waals surface area contributed by atoms with Crippen molar-refractivity contribution in [2.45, 2.75) is 6.92 Å². The normalized spacial score (nSPS) is 12.9. The van der Waals surface area contributed by atoms with E-state index < -0.39 is 11.2 Å². The lowest BCUT2D eigenvalue weighted by molar-refractivity contribution is -0.115. The highest BCUT2D eigenvalue weighted by Crippen LogP contribution is 2.44. The van der Waals surface area contributed by atoms with Crippen LogP contribution in [-0.2, 0) is 18.9 Å². The Kier molecular flexibility index (Phi) is 2.94. The van der Waals surface area contributed by atoms with Gasteiger partial charge in [-0.1, -0.05) is 12.1 Å². The molecule has 0 fully saturated rings. The van der Waals surface area contributed by atoms with Gasteiger partial charge in [0.25, 0.3) is 5.56 Å². The van der Waals surface area contributed by atoms with Gasteiger partial charge in [-0.15, -0.1) is 0 Å². The molecule has 1 amide bonds. The number of amides is 1. The lowest BCUT2D eigenvalue weighted by Gasteiger charge is -2.37. The van der Waals surface area contributed by atoms with Crippen LogP contribution in [0, 0.1) is 0 Å². The quantitative estimate of drug-likeness (QED) is 0.723. The second-order valence-corrected chi connectivity index (χ2v) is 5.28. The van der Waals surface area contributed by atoms with E-state index in [1.54, 1.807) is 31.1 Å². The first-order valence-electron chi connectivity index (χ1n) is 6.79. The highest BCUT2D eigenvalue weighted by molar-refractivity contribution is 6.07. The van der Waals surface area contributed by atoms with Crippen LogP contribution >= 0.6 is 0 Å². The Bertz CT molecular complexity index is 910. The number of hydrogen-bond acceptors (Lipinski definition) is 4. The zero-order valence-electron chi connectivity index (χ0n) is 12.8. The first-order valence-corrected chi connectivity index (χ1v) is 6.79. The van der Waals surface area contributed by atoms with Crippen LogP contribution in [0.25, 0.3) is 0 Å². The SMILES string of the molecule is CC(=O)N1c2ccccc2N(C)c2c1c(=O)n(C)c(=O)n2C. The van der Waals surface area contributed by atoms with E-state index in [-0.39, 0.29) is 11.6 Å². The molecule has 0 saturated carbocycles. The maximum Gasteiger partial charge on any atom is 0.332 e. The van der Waals surface area contributed by atoms with Gasteiger partial charge in [-0.2, -0.15) is 0 Å². The summed E-state index contributed by atoms with van der Waals surface area (Å²) in [6, 6.07) is 7.27. The molecule has 0 saturated heterocycles. The zero-order valence-corrected chi connectivity index (χ0v) is 12.8. The van der Waals surface area contributed by atoms with E-state index in [4.69, 9.17) is 0 Å². The Hall–Kier alpha value is -2.83. The van der Waals surface area contributed by atoms with Gasteiger partial charge in [0.2, 0.25) is 5.91 Å². The highest BCUT2D eigenvalue weighted by atomic mass is 16.2. The van der Waals surface area contributed by atoms with Gasteiger partial charge in [0.05, 0.1) is 11.4 Å². The van der Waals surface area contributed by atoms with Crippen LogP contribution in [0.4, 0.5) is 22.9 Å². The molecule has 0 spiro atoms. The lowest BCUT2D eigenvalue weighted by Crippen LogP contribution is -2.45. The zero-order chi connectivity index (χ0) is 16.2. The Morgan fingerprint density at radius 1 is 0.955 bits per heavy atom. The number of anilines is 4. The molecule has 0 N–H and O–H groups in total. The largest absolute Gasteiger partial charge is 0.332 e. The second-order valence-electron chi connectivity index (χ2n) is 5.28. The fourth-order valence-electron chi connectivity index (χ4n) is 2.89. The van der Waals surface area contributed by atoms with E-state index in [1.165, 1.54) is 23.4 Å². The molecule has 1 aromatic carbocycles. The minimum absolute atomic E-state index is 0.193. The summed E-state index contributed by atoms with van der Waals surface area (Å²) < 4.78 is 2.39. The molecule has 7 nitrogen and oxygen atoms in total. The van der Waals surface area contributed by atoms with Gasteiger partial charge < -0.3 is 4.90 Å². The van der Waals surface area contributed by atoms with Crippen LogP contribution in [-0.4, -0.2) is 22.1 Å². The molecule has 1 aromatic heterocycles. The van der Waals surface area contributed by atoms with Crippen LogP contribution in [0.5, 0.6) is 0 Å². The van der Waals surface area contributed by atoms with Gasteiger partial charge >= 0.3 is 5.69 Å². The molecule has 22 heavy (non-hydrogen) atoms. The maximum atomic E-state index is 12.6. The number of carbonyl (C=O) groups is 1. The van der Waals surface area contributed by atoms with Crippen molar-refractivity contribution < 1.29 is 4.79 Å². The Morgan fingerprint density at radius 3 is 2.14 bits per heavy atom. The molecular formula is C15H16N4O3. The molecule has 0 unspecified atom stereocenters. The molecule has 0 atom stereocenters. The first kappa shape index (κ1) is 14.1. The van der Waals surface area contributed by atoms with Crippen molar-refractivity contribution in [1.29, 1.82) is 0 Å². The highest BCUT2D eigenvalue weighted by Gasteiger charge is 2.34. The van der Waals surface area contributed by atoms with Gasteiger partial charge in [0.1, 0.15) is 5.82 Å². The summed E-state index contributed by atoms with van der Waals surface area (Å²) in [6.45, 7) is 1.40. The minimum Gasteiger partial charge on any atom is -0.327 e. The van der Waals surface area contributed by atoms with Gasteiger partial charge in [0.15, 0.2) is 5.69 Å². The van der Waals surface area contributed by atoms with Crippen molar-refractivity contribution in [3.05, 3.63) is 45.1 Å². The molecule has 2 heterocycles. The summed E-state index contributed by atoms with van der Waals surface area (Å²) in [7, 11) is 4.77. The van der Waals surface area contributed by atoms with E-state index in [9.17, 15) is 14.4 Å². The van der Waals surface area contributed by atoms with Crippen LogP contribution in [0.1, 0.15) is 6.92 Å². The topological polar surface area (TPSA) is 67.6 Å².